The second-order valence-electron chi connectivity index (χ2n) is 3.84. The smallest absolute Gasteiger partial charge is 0.157 e. The maximum absolute atomic E-state index is 5.63. The quantitative estimate of drug-likeness (QED) is 0.855. The third-order valence-corrected chi connectivity index (χ3v) is 2.60. The Bertz CT molecular complexity index is 462. The molecule has 0 amide bonds. The maximum Gasteiger partial charge on any atom is 0.157 e. The molecule has 0 saturated heterocycles. The summed E-state index contributed by atoms with van der Waals surface area (Å²) < 4.78 is 7.47. The third-order valence-electron chi connectivity index (χ3n) is 2.60. The predicted molar refractivity (Wildman–Crippen MR) is 66.6 cm³/mol. The van der Waals surface area contributed by atoms with Crippen LogP contribution in [0.3, 0.4) is 0 Å². The minimum absolute atomic E-state index is 0.556. The van der Waals surface area contributed by atoms with Gasteiger partial charge in [0.2, 0.25) is 0 Å². The van der Waals surface area contributed by atoms with Gasteiger partial charge in [0.15, 0.2) is 5.75 Å². The molecule has 0 fully saturated rings. The van der Waals surface area contributed by atoms with Gasteiger partial charge in [0.1, 0.15) is 6.61 Å². The topological polar surface area (TPSA) is 53.1 Å². The summed E-state index contributed by atoms with van der Waals surface area (Å²) in [5.74, 6) is 0.801. The first kappa shape index (κ1) is 11.7. The average Bonchev–Trinajstić information content (AvgIpc) is 2.85. The Balaban J connectivity index is 1.92. The van der Waals surface area contributed by atoms with E-state index in [2.05, 4.69) is 5.10 Å². The lowest BCUT2D eigenvalue weighted by Crippen LogP contribution is -1.98. The highest BCUT2D eigenvalue weighted by Crippen LogP contribution is 2.12. The van der Waals surface area contributed by atoms with E-state index in [9.17, 15) is 0 Å². The lowest BCUT2D eigenvalue weighted by molar-refractivity contribution is 0.306. The van der Waals surface area contributed by atoms with Crippen molar-refractivity contribution in [1.82, 2.24) is 9.78 Å². The van der Waals surface area contributed by atoms with Crippen LogP contribution in [0.2, 0.25) is 0 Å². The SMILES string of the molecule is CCn1cc(OCc2ccc(CN)cc2)cn1. The van der Waals surface area contributed by atoms with Crippen LogP contribution in [0.15, 0.2) is 36.7 Å². The summed E-state index contributed by atoms with van der Waals surface area (Å²) in [7, 11) is 0. The summed E-state index contributed by atoms with van der Waals surface area (Å²) in [5.41, 5.74) is 7.80. The molecule has 1 aromatic heterocycles. The minimum atomic E-state index is 0.556. The van der Waals surface area contributed by atoms with Crippen molar-refractivity contribution in [3.63, 3.8) is 0 Å². The second kappa shape index (κ2) is 5.50. The number of benzene rings is 1. The van der Waals surface area contributed by atoms with Gasteiger partial charge in [-0.05, 0) is 18.1 Å². The van der Waals surface area contributed by atoms with E-state index in [0.717, 1.165) is 23.4 Å². The zero-order valence-corrected chi connectivity index (χ0v) is 9.97. The lowest BCUT2D eigenvalue weighted by Gasteiger charge is -2.04. The van der Waals surface area contributed by atoms with E-state index in [4.69, 9.17) is 10.5 Å². The number of aromatic nitrogens is 2. The molecule has 0 radical (unpaired) electrons. The number of nitrogens with zero attached hydrogens (tertiary/aromatic N) is 2. The first-order valence-electron chi connectivity index (χ1n) is 5.75. The lowest BCUT2D eigenvalue weighted by atomic mass is 10.1. The second-order valence-corrected chi connectivity index (χ2v) is 3.84. The van der Waals surface area contributed by atoms with E-state index < -0.39 is 0 Å². The van der Waals surface area contributed by atoms with Crippen LogP contribution in [0.4, 0.5) is 0 Å². The zero-order valence-electron chi connectivity index (χ0n) is 9.97. The Morgan fingerprint density at radius 3 is 2.53 bits per heavy atom. The summed E-state index contributed by atoms with van der Waals surface area (Å²) >= 11 is 0. The molecule has 2 rings (SSSR count). The highest BCUT2D eigenvalue weighted by molar-refractivity contribution is 5.22. The molecule has 90 valence electrons. The Morgan fingerprint density at radius 2 is 1.94 bits per heavy atom. The molecule has 1 heterocycles. The molecule has 4 heteroatoms. The number of hydrogen-bond donors (Lipinski definition) is 1. The fourth-order valence-corrected chi connectivity index (χ4v) is 1.53. The molecule has 0 atom stereocenters. The van der Waals surface area contributed by atoms with Crippen LogP contribution in [0.25, 0.3) is 0 Å². The van der Waals surface area contributed by atoms with Gasteiger partial charge in [-0.3, -0.25) is 4.68 Å². The highest BCUT2D eigenvalue weighted by Gasteiger charge is 1.99. The minimum Gasteiger partial charge on any atom is -0.486 e. The summed E-state index contributed by atoms with van der Waals surface area (Å²) in [6.45, 7) is 4.03. The van der Waals surface area contributed by atoms with Crippen molar-refractivity contribution in [2.75, 3.05) is 0 Å². The van der Waals surface area contributed by atoms with Gasteiger partial charge in [-0.2, -0.15) is 5.10 Å². The van der Waals surface area contributed by atoms with Crippen LogP contribution >= 0.6 is 0 Å². The van der Waals surface area contributed by atoms with Crippen LogP contribution in [0.5, 0.6) is 5.75 Å². The molecular weight excluding hydrogens is 214 g/mol. The van der Waals surface area contributed by atoms with Crippen molar-refractivity contribution in [3.8, 4) is 5.75 Å². The highest BCUT2D eigenvalue weighted by atomic mass is 16.5. The Labute approximate surface area is 101 Å². The fraction of sp³-hybridized carbons (Fsp3) is 0.308. The Kier molecular flexibility index (Phi) is 3.77. The standard InChI is InChI=1S/C13H17N3O/c1-2-16-9-13(8-15-16)17-10-12-5-3-11(7-14)4-6-12/h3-6,8-9H,2,7,10,14H2,1H3. The maximum atomic E-state index is 5.63. The van der Waals surface area contributed by atoms with E-state index in [-0.39, 0.29) is 0 Å². The van der Waals surface area contributed by atoms with Crippen molar-refractivity contribution >= 4 is 0 Å². The molecule has 2 N–H and O–H groups in total. The molecule has 0 aliphatic heterocycles. The van der Waals surface area contributed by atoms with Crippen molar-refractivity contribution in [1.29, 1.82) is 0 Å². The Hall–Kier alpha value is -1.81. The molecule has 1 aromatic carbocycles. The number of nitrogens with two attached hydrogens (primary N) is 1. The summed E-state index contributed by atoms with van der Waals surface area (Å²) in [4.78, 5) is 0. The van der Waals surface area contributed by atoms with Gasteiger partial charge in [0.25, 0.3) is 0 Å². The molecule has 0 unspecified atom stereocenters. The normalized spacial score (nSPS) is 10.5. The van der Waals surface area contributed by atoms with Crippen molar-refractivity contribution in [2.45, 2.75) is 26.6 Å². The predicted octanol–water partition coefficient (Wildman–Crippen LogP) is 1.94. The van der Waals surface area contributed by atoms with Crippen molar-refractivity contribution in [3.05, 3.63) is 47.8 Å². The molecule has 17 heavy (non-hydrogen) atoms. The summed E-state index contributed by atoms with van der Waals surface area (Å²) in [6.07, 6.45) is 3.63. The van der Waals surface area contributed by atoms with E-state index in [1.54, 1.807) is 6.20 Å². The van der Waals surface area contributed by atoms with Crippen molar-refractivity contribution in [2.24, 2.45) is 5.73 Å². The molecule has 0 saturated carbocycles. The van der Waals surface area contributed by atoms with Gasteiger partial charge in [0, 0.05) is 13.1 Å². The monoisotopic (exact) mass is 231 g/mol. The molecule has 0 spiro atoms. The average molecular weight is 231 g/mol. The van der Waals surface area contributed by atoms with E-state index >= 15 is 0 Å². The number of rotatable bonds is 5. The van der Waals surface area contributed by atoms with Gasteiger partial charge in [-0.25, -0.2) is 0 Å². The van der Waals surface area contributed by atoms with Crippen LogP contribution in [0.1, 0.15) is 18.1 Å². The van der Waals surface area contributed by atoms with Gasteiger partial charge in [-0.1, -0.05) is 24.3 Å². The molecule has 0 bridgehead atoms. The number of hydrogen-bond acceptors (Lipinski definition) is 3. The fourth-order valence-electron chi connectivity index (χ4n) is 1.53. The first-order chi connectivity index (χ1) is 8.31. The van der Waals surface area contributed by atoms with Crippen LogP contribution in [-0.2, 0) is 19.7 Å². The summed E-state index contributed by atoms with van der Waals surface area (Å²) in [6, 6.07) is 8.11. The number of ether oxygens (including phenoxy) is 1. The first-order valence-corrected chi connectivity index (χ1v) is 5.75. The van der Waals surface area contributed by atoms with Gasteiger partial charge in [-0.15, -0.1) is 0 Å². The van der Waals surface area contributed by atoms with E-state index in [1.807, 2.05) is 42.1 Å². The van der Waals surface area contributed by atoms with Gasteiger partial charge >= 0.3 is 0 Å². The van der Waals surface area contributed by atoms with Crippen LogP contribution < -0.4 is 10.5 Å². The number of aryl methyl sites for hydroxylation is 1. The molecule has 4 nitrogen and oxygen atoms in total. The zero-order chi connectivity index (χ0) is 12.1. The molecular formula is C13H17N3O. The molecule has 0 aliphatic carbocycles. The Morgan fingerprint density at radius 1 is 1.24 bits per heavy atom. The van der Waals surface area contributed by atoms with Crippen LogP contribution in [-0.4, -0.2) is 9.78 Å². The van der Waals surface area contributed by atoms with Crippen molar-refractivity contribution < 1.29 is 4.74 Å². The van der Waals surface area contributed by atoms with Gasteiger partial charge in [0.05, 0.1) is 12.4 Å². The van der Waals surface area contributed by atoms with E-state index in [0.29, 0.717) is 13.2 Å². The van der Waals surface area contributed by atoms with Gasteiger partial charge < -0.3 is 10.5 Å². The van der Waals surface area contributed by atoms with Crippen LogP contribution in [0, 0.1) is 0 Å². The largest absolute Gasteiger partial charge is 0.486 e. The molecule has 2 aromatic rings. The summed E-state index contributed by atoms with van der Waals surface area (Å²) in [5, 5.41) is 4.15. The molecule has 0 aliphatic rings. The third kappa shape index (κ3) is 3.07. The van der Waals surface area contributed by atoms with E-state index in [1.165, 1.54) is 0 Å².